The van der Waals surface area contributed by atoms with Crippen LogP contribution in [0.1, 0.15) is 26.7 Å². The van der Waals surface area contributed by atoms with Crippen LogP contribution in [-0.2, 0) is 0 Å². The molecule has 114 valence electrons. The predicted octanol–water partition coefficient (Wildman–Crippen LogP) is 2.27. The Kier molecular flexibility index (Phi) is 6.82. The molecule has 1 aromatic rings. The number of aliphatic hydroxyl groups is 1. The van der Waals surface area contributed by atoms with Crippen LogP contribution in [0.2, 0.25) is 0 Å². The van der Waals surface area contributed by atoms with Gasteiger partial charge in [0.15, 0.2) is 0 Å². The molecule has 0 saturated carbocycles. The standard InChI is InChI=1S/C16H28N2O2/c1-5-17-16(2,13-19)11-6-12-18(3)14-7-9-15(20-4)10-8-14/h7-10,17,19H,5-6,11-13H2,1-4H3. The molecule has 1 unspecified atom stereocenters. The van der Waals surface area contributed by atoms with Crippen molar-refractivity contribution in [3.8, 4) is 5.75 Å². The number of nitrogens with zero attached hydrogens (tertiary/aromatic N) is 1. The Morgan fingerprint density at radius 3 is 2.45 bits per heavy atom. The van der Waals surface area contributed by atoms with Crippen molar-refractivity contribution < 1.29 is 9.84 Å². The molecule has 0 aliphatic rings. The van der Waals surface area contributed by atoms with Gasteiger partial charge in [-0.25, -0.2) is 0 Å². The van der Waals surface area contributed by atoms with Gasteiger partial charge < -0.3 is 20.1 Å². The molecule has 0 amide bonds. The van der Waals surface area contributed by atoms with Crippen molar-refractivity contribution in [1.82, 2.24) is 5.32 Å². The lowest BCUT2D eigenvalue weighted by Crippen LogP contribution is -2.46. The van der Waals surface area contributed by atoms with Crippen LogP contribution < -0.4 is 15.0 Å². The first kappa shape index (κ1) is 16.8. The maximum absolute atomic E-state index is 9.47. The first-order valence-electron chi connectivity index (χ1n) is 7.25. The van der Waals surface area contributed by atoms with E-state index in [9.17, 15) is 5.11 Å². The van der Waals surface area contributed by atoms with Crippen molar-refractivity contribution in [2.45, 2.75) is 32.2 Å². The molecule has 1 rings (SSSR count). The predicted molar refractivity (Wildman–Crippen MR) is 84.7 cm³/mol. The molecule has 20 heavy (non-hydrogen) atoms. The average molecular weight is 280 g/mol. The summed E-state index contributed by atoms with van der Waals surface area (Å²) in [5, 5.41) is 12.8. The summed E-state index contributed by atoms with van der Waals surface area (Å²) < 4.78 is 5.16. The average Bonchev–Trinajstić information content (AvgIpc) is 2.47. The maximum atomic E-state index is 9.47. The maximum Gasteiger partial charge on any atom is 0.119 e. The zero-order valence-corrected chi connectivity index (χ0v) is 13.1. The van der Waals surface area contributed by atoms with Crippen LogP contribution in [0.5, 0.6) is 5.75 Å². The van der Waals surface area contributed by atoms with Crippen LogP contribution >= 0.6 is 0 Å². The number of rotatable bonds is 9. The van der Waals surface area contributed by atoms with E-state index in [4.69, 9.17) is 4.74 Å². The summed E-state index contributed by atoms with van der Waals surface area (Å²) in [6.07, 6.45) is 1.99. The van der Waals surface area contributed by atoms with Crippen LogP contribution in [0.3, 0.4) is 0 Å². The van der Waals surface area contributed by atoms with Crippen LogP contribution in [0.15, 0.2) is 24.3 Å². The quantitative estimate of drug-likeness (QED) is 0.728. The molecule has 1 aromatic carbocycles. The summed E-state index contributed by atoms with van der Waals surface area (Å²) in [6, 6.07) is 8.08. The molecule has 0 heterocycles. The molecule has 0 aliphatic carbocycles. The lowest BCUT2D eigenvalue weighted by molar-refractivity contribution is 0.166. The van der Waals surface area contributed by atoms with E-state index < -0.39 is 0 Å². The molecule has 4 heteroatoms. The van der Waals surface area contributed by atoms with E-state index in [1.165, 1.54) is 5.69 Å². The molecule has 0 saturated heterocycles. The van der Waals surface area contributed by atoms with Crippen molar-refractivity contribution in [3.63, 3.8) is 0 Å². The van der Waals surface area contributed by atoms with Gasteiger partial charge in [-0.2, -0.15) is 0 Å². The molecular weight excluding hydrogens is 252 g/mol. The second kappa shape index (κ2) is 8.12. The van der Waals surface area contributed by atoms with E-state index in [2.05, 4.69) is 43.2 Å². The molecule has 2 N–H and O–H groups in total. The van der Waals surface area contributed by atoms with Gasteiger partial charge in [0.05, 0.1) is 13.7 Å². The molecule has 0 bridgehead atoms. The largest absolute Gasteiger partial charge is 0.497 e. The Bertz CT molecular complexity index is 381. The highest BCUT2D eigenvalue weighted by atomic mass is 16.5. The third-order valence-corrected chi connectivity index (χ3v) is 3.69. The topological polar surface area (TPSA) is 44.7 Å². The number of benzene rings is 1. The van der Waals surface area contributed by atoms with Gasteiger partial charge in [-0.1, -0.05) is 6.92 Å². The highest BCUT2D eigenvalue weighted by Gasteiger charge is 2.21. The first-order chi connectivity index (χ1) is 9.54. The van der Waals surface area contributed by atoms with E-state index >= 15 is 0 Å². The fourth-order valence-corrected chi connectivity index (χ4v) is 2.32. The van der Waals surface area contributed by atoms with Gasteiger partial charge >= 0.3 is 0 Å². The zero-order chi connectivity index (χ0) is 15.0. The molecule has 1 atom stereocenters. The van der Waals surface area contributed by atoms with Crippen molar-refractivity contribution >= 4 is 5.69 Å². The molecule has 4 nitrogen and oxygen atoms in total. The summed E-state index contributed by atoms with van der Waals surface area (Å²) in [4.78, 5) is 2.23. The minimum absolute atomic E-state index is 0.171. The van der Waals surface area contributed by atoms with Gasteiger partial charge in [0.25, 0.3) is 0 Å². The Morgan fingerprint density at radius 1 is 1.30 bits per heavy atom. The molecule has 0 spiro atoms. The van der Waals surface area contributed by atoms with E-state index in [-0.39, 0.29) is 12.1 Å². The lowest BCUT2D eigenvalue weighted by atomic mass is 9.96. The third-order valence-electron chi connectivity index (χ3n) is 3.69. The fraction of sp³-hybridized carbons (Fsp3) is 0.625. The van der Waals surface area contributed by atoms with Gasteiger partial charge in [0.2, 0.25) is 0 Å². The number of ether oxygens (including phenoxy) is 1. The molecule has 0 fully saturated rings. The fourth-order valence-electron chi connectivity index (χ4n) is 2.32. The number of hydrogen-bond acceptors (Lipinski definition) is 4. The first-order valence-corrected chi connectivity index (χ1v) is 7.25. The van der Waals surface area contributed by atoms with E-state index in [1.807, 2.05) is 12.1 Å². The SMILES string of the molecule is CCNC(C)(CO)CCCN(C)c1ccc(OC)cc1. The Balaban J connectivity index is 2.44. The molecule has 0 aromatic heterocycles. The summed E-state index contributed by atoms with van der Waals surface area (Å²) in [7, 11) is 3.76. The third kappa shape index (κ3) is 5.02. The zero-order valence-electron chi connectivity index (χ0n) is 13.1. The highest BCUT2D eigenvalue weighted by Crippen LogP contribution is 2.19. The van der Waals surface area contributed by atoms with Gasteiger partial charge in [0, 0.05) is 24.8 Å². The summed E-state index contributed by atoms with van der Waals surface area (Å²) in [5.74, 6) is 0.877. The number of likely N-dealkylation sites (N-methyl/N-ethyl adjacent to an activating group) is 1. The second-order valence-electron chi connectivity index (χ2n) is 5.47. The van der Waals surface area contributed by atoms with Crippen molar-refractivity contribution in [2.24, 2.45) is 0 Å². The van der Waals surface area contributed by atoms with Crippen LogP contribution in [-0.4, -0.2) is 44.5 Å². The Hall–Kier alpha value is -1.26. The van der Waals surface area contributed by atoms with E-state index in [0.29, 0.717) is 0 Å². The molecular formula is C16H28N2O2. The van der Waals surface area contributed by atoms with E-state index in [0.717, 1.165) is 31.7 Å². The number of aliphatic hydroxyl groups excluding tert-OH is 1. The summed E-state index contributed by atoms with van der Waals surface area (Å²) >= 11 is 0. The highest BCUT2D eigenvalue weighted by molar-refractivity contribution is 5.48. The van der Waals surface area contributed by atoms with Crippen LogP contribution in [0.25, 0.3) is 0 Å². The number of nitrogens with one attached hydrogen (secondary N) is 1. The van der Waals surface area contributed by atoms with Crippen LogP contribution in [0, 0.1) is 0 Å². The van der Waals surface area contributed by atoms with Gasteiger partial charge in [0.1, 0.15) is 5.75 Å². The van der Waals surface area contributed by atoms with Gasteiger partial charge in [-0.3, -0.25) is 0 Å². The molecule has 0 radical (unpaired) electrons. The lowest BCUT2D eigenvalue weighted by Gasteiger charge is -2.29. The monoisotopic (exact) mass is 280 g/mol. The van der Waals surface area contributed by atoms with Gasteiger partial charge in [-0.15, -0.1) is 0 Å². The van der Waals surface area contributed by atoms with Crippen molar-refractivity contribution in [3.05, 3.63) is 24.3 Å². The molecule has 0 aliphatic heterocycles. The number of methoxy groups -OCH3 is 1. The Labute approximate surface area is 122 Å². The second-order valence-corrected chi connectivity index (χ2v) is 5.47. The van der Waals surface area contributed by atoms with E-state index in [1.54, 1.807) is 7.11 Å². The number of anilines is 1. The minimum Gasteiger partial charge on any atom is -0.497 e. The Morgan fingerprint density at radius 2 is 1.95 bits per heavy atom. The smallest absolute Gasteiger partial charge is 0.119 e. The minimum atomic E-state index is -0.171. The normalized spacial score (nSPS) is 13.8. The van der Waals surface area contributed by atoms with Crippen molar-refractivity contribution in [1.29, 1.82) is 0 Å². The van der Waals surface area contributed by atoms with Crippen LogP contribution in [0.4, 0.5) is 5.69 Å². The van der Waals surface area contributed by atoms with Crippen molar-refractivity contribution in [2.75, 3.05) is 38.8 Å². The summed E-state index contributed by atoms with van der Waals surface area (Å²) in [5.41, 5.74) is 1.01. The summed E-state index contributed by atoms with van der Waals surface area (Å²) in [6.45, 7) is 6.16. The number of hydrogen-bond donors (Lipinski definition) is 2. The van der Waals surface area contributed by atoms with Gasteiger partial charge in [-0.05, 0) is 50.6 Å².